The maximum Gasteiger partial charge on any atom is 0.0675 e. The number of nitrogens with zero attached hydrogens (tertiary/aromatic N) is 1. The number of hydrogen-bond donors (Lipinski definition) is 1. The maximum atomic E-state index is 6.46. The van der Waals surface area contributed by atoms with Crippen LogP contribution in [0.25, 0.3) is 0 Å². The lowest BCUT2D eigenvalue weighted by Gasteiger charge is -2.44. The van der Waals surface area contributed by atoms with E-state index in [1.54, 1.807) is 0 Å². The van der Waals surface area contributed by atoms with Crippen molar-refractivity contribution in [2.24, 2.45) is 5.73 Å². The monoisotopic (exact) mass is 276 g/mol. The van der Waals surface area contributed by atoms with Gasteiger partial charge in [-0.05, 0) is 32.8 Å². The van der Waals surface area contributed by atoms with E-state index in [-0.39, 0.29) is 18.2 Å². The van der Waals surface area contributed by atoms with E-state index in [1.165, 1.54) is 11.1 Å². The summed E-state index contributed by atoms with van der Waals surface area (Å²) in [6.45, 7) is 10.4. The van der Waals surface area contributed by atoms with Crippen LogP contribution in [0.15, 0.2) is 24.3 Å². The van der Waals surface area contributed by atoms with Gasteiger partial charge in [0.05, 0.1) is 18.8 Å². The number of aryl methyl sites for hydroxylation is 1. The van der Waals surface area contributed by atoms with Crippen LogP contribution in [0.3, 0.4) is 0 Å². The largest absolute Gasteiger partial charge is 0.376 e. The Morgan fingerprint density at radius 2 is 2.15 bits per heavy atom. The van der Waals surface area contributed by atoms with Crippen molar-refractivity contribution >= 4 is 0 Å². The van der Waals surface area contributed by atoms with Gasteiger partial charge >= 0.3 is 0 Å². The summed E-state index contributed by atoms with van der Waals surface area (Å²) in [5.74, 6) is 0. The summed E-state index contributed by atoms with van der Waals surface area (Å²) < 4.78 is 5.76. The normalized spacial score (nSPS) is 27.2. The molecule has 0 aliphatic carbocycles. The molecule has 20 heavy (non-hydrogen) atoms. The molecule has 2 rings (SSSR count). The van der Waals surface area contributed by atoms with Crippen molar-refractivity contribution in [1.82, 2.24) is 4.90 Å². The van der Waals surface area contributed by atoms with Crippen molar-refractivity contribution in [2.45, 2.75) is 58.3 Å². The molecule has 0 bridgehead atoms. The summed E-state index contributed by atoms with van der Waals surface area (Å²) in [6.07, 6.45) is 1.26. The van der Waals surface area contributed by atoms with Crippen LogP contribution in [-0.4, -0.2) is 36.2 Å². The summed E-state index contributed by atoms with van der Waals surface area (Å²) in [5.41, 5.74) is 9.09. The fraction of sp³-hybridized carbons (Fsp3) is 0.647. The number of hydrogen-bond acceptors (Lipinski definition) is 3. The minimum absolute atomic E-state index is 0.157. The highest BCUT2D eigenvalue weighted by atomic mass is 16.5. The smallest absolute Gasteiger partial charge is 0.0675 e. The molecule has 1 saturated heterocycles. The molecule has 4 unspecified atom stereocenters. The average molecular weight is 276 g/mol. The molecule has 1 aliphatic heterocycles. The predicted molar refractivity (Wildman–Crippen MR) is 83.8 cm³/mol. The first-order chi connectivity index (χ1) is 9.52. The minimum atomic E-state index is 0.157. The minimum Gasteiger partial charge on any atom is -0.376 e. The van der Waals surface area contributed by atoms with Crippen LogP contribution in [0, 0.1) is 6.92 Å². The molecule has 1 aromatic rings. The number of benzene rings is 1. The zero-order valence-electron chi connectivity index (χ0n) is 13.2. The Labute approximate surface area is 123 Å². The summed E-state index contributed by atoms with van der Waals surface area (Å²) in [7, 11) is 0. The molecule has 2 N–H and O–H groups in total. The molecule has 0 aromatic heterocycles. The SMILES string of the molecule is CCC(N)C(c1cccc(C)c1)N1CC(C)OCC1C. The number of morpholine rings is 1. The van der Waals surface area contributed by atoms with E-state index in [9.17, 15) is 0 Å². The van der Waals surface area contributed by atoms with E-state index >= 15 is 0 Å². The lowest BCUT2D eigenvalue weighted by molar-refractivity contribution is -0.0707. The summed E-state index contributed by atoms with van der Waals surface area (Å²) >= 11 is 0. The van der Waals surface area contributed by atoms with Gasteiger partial charge in [-0.3, -0.25) is 4.90 Å². The van der Waals surface area contributed by atoms with Gasteiger partial charge in [-0.2, -0.15) is 0 Å². The lowest BCUT2D eigenvalue weighted by atomic mass is 9.93. The zero-order chi connectivity index (χ0) is 14.7. The Hall–Kier alpha value is -0.900. The highest BCUT2D eigenvalue weighted by molar-refractivity contribution is 5.26. The highest BCUT2D eigenvalue weighted by Crippen LogP contribution is 2.30. The van der Waals surface area contributed by atoms with Crippen molar-refractivity contribution in [1.29, 1.82) is 0 Å². The molecule has 1 fully saturated rings. The maximum absolute atomic E-state index is 6.46. The van der Waals surface area contributed by atoms with Gasteiger partial charge in [0.15, 0.2) is 0 Å². The van der Waals surface area contributed by atoms with E-state index in [2.05, 4.69) is 56.9 Å². The Bertz CT molecular complexity index is 435. The van der Waals surface area contributed by atoms with Crippen LogP contribution in [0.2, 0.25) is 0 Å². The quantitative estimate of drug-likeness (QED) is 0.919. The van der Waals surface area contributed by atoms with E-state index in [0.29, 0.717) is 6.04 Å². The van der Waals surface area contributed by atoms with E-state index in [4.69, 9.17) is 10.5 Å². The topological polar surface area (TPSA) is 38.5 Å². The van der Waals surface area contributed by atoms with Gasteiger partial charge in [0.25, 0.3) is 0 Å². The van der Waals surface area contributed by atoms with E-state index < -0.39 is 0 Å². The van der Waals surface area contributed by atoms with Gasteiger partial charge in [0.1, 0.15) is 0 Å². The molecule has 4 atom stereocenters. The second kappa shape index (κ2) is 6.70. The molecular weight excluding hydrogens is 248 g/mol. The summed E-state index contributed by atoms with van der Waals surface area (Å²) in [4.78, 5) is 2.52. The first-order valence-electron chi connectivity index (χ1n) is 7.72. The number of ether oxygens (including phenoxy) is 1. The molecule has 1 aromatic carbocycles. The second-order valence-electron chi connectivity index (χ2n) is 6.12. The lowest BCUT2D eigenvalue weighted by Crippen LogP contribution is -2.53. The molecule has 112 valence electrons. The van der Waals surface area contributed by atoms with Crippen LogP contribution < -0.4 is 5.73 Å². The molecule has 3 heteroatoms. The van der Waals surface area contributed by atoms with Crippen LogP contribution >= 0.6 is 0 Å². The molecular formula is C17H28N2O. The second-order valence-corrected chi connectivity index (χ2v) is 6.12. The molecule has 0 amide bonds. The third-order valence-electron chi connectivity index (χ3n) is 4.27. The Balaban J connectivity index is 2.31. The van der Waals surface area contributed by atoms with Crippen LogP contribution in [-0.2, 0) is 4.74 Å². The van der Waals surface area contributed by atoms with Crippen molar-refractivity contribution in [3.8, 4) is 0 Å². The first kappa shape index (κ1) is 15.5. The highest BCUT2D eigenvalue weighted by Gasteiger charge is 2.33. The number of nitrogens with two attached hydrogens (primary N) is 1. The van der Waals surface area contributed by atoms with E-state index in [0.717, 1.165) is 19.6 Å². The average Bonchev–Trinajstić information content (AvgIpc) is 2.43. The first-order valence-corrected chi connectivity index (χ1v) is 7.72. The summed E-state index contributed by atoms with van der Waals surface area (Å²) in [6, 6.07) is 9.60. The van der Waals surface area contributed by atoms with Crippen molar-refractivity contribution < 1.29 is 4.74 Å². The molecule has 1 aliphatic rings. The Morgan fingerprint density at radius 3 is 2.80 bits per heavy atom. The van der Waals surface area contributed by atoms with Gasteiger partial charge in [0, 0.05) is 18.6 Å². The van der Waals surface area contributed by atoms with Gasteiger partial charge in [-0.25, -0.2) is 0 Å². The molecule has 3 nitrogen and oxygen atoms in total. The predicted octanol–water partition coefficient (Wildman–Crippen LogP) is 2.88. The zero-order valence-corrected chi connectivity index (χ0v) is 13.2. The molecule has 0 saturated carbocycles. The van der Waals surface area contributed by atoms with Gasteiger partial charge in [0.2, 0.25) is 0 Å². The molecule has 1 heterocycles. The van der Waals surface area contributed by atoms with Crippen LogP contribution in [0.4, 0.5) is 0 Å². The molecule has 0 spiro atoms. The van der Waals surface area contributed by atoms with Crippen molar-refractivity contribution in [2.75, 3.05) is 13.2 Å². The van der Waals surface area contributed by atoms with Crippen molar-refractivity contribution in [3.05, 3.63) is 35.4 Å². The van der Waals surface area contributed by atoms with Gasteiger partial charge < -0.3 is 10.5 Å². The Morgan fingerprint density at radius 1 is 1.40 bits per heavy atom. The third kappa shape index (κ3) is 3.40. The summed E-state index contributed by atoms with van der Waals surface area (Å²) in [5, 5.41) is 0. The van der Waals surface area contributed by atoms with Crippen LogP contribution in [0.5, 0.6) is 0 Å². The van der Waals surface area contributed by atoms with Crippen LogP contribution in [0.1, 0.15) is 44.4 Å². The van der Waals surface area contributed by atoms with Gasteiger partial charge in [-0.1, -0.05) is 36.8 Å². The fourth-order valence-corrected chi connectivity index (χ4v) is 3.08. The molecule has 0 radical (unpaired) electrons. The van der Waals surface area contributed by atoms with E-state index in [1.807, 2.05) is 0 Å². The Kier molecular flexibility index (Phi) is 5.19. The van der Waals surface area contributed by atoms with Gasteiger partial charge in [-0.15, -0.1) is 0 Å². The standard InChI is InChI=1S/C17H28N2O/c1-5-16(18)17(15-8-6-7-12(2)9-15)19-10-14(4)20-11-13(19)3/h6-9,13-14,16-17H,5,10-11,18H2,1-4H3. The third-order valence-corrected chi connectivity index (χ3v) is 4.27. The van der Waals surface area contributed by atoms with Crippen molar-refractivity contribution in [3.63, 3.8) is 0 Å². The fourth-order valence-electron chi connectivity index (χ4n) is 3.08. The number of rotatable bonds is 4.